The summed E-state index contributed by atoms with van der Waals surface area (Å²) in [6.07, 6.45) is 9.21. The fraction of sp³-hybridized carbons (Fsp3) is 0.593. The van der Waals surface area contributed by atoms with Gasteiger partial charge in [0.05, 0.1) is 12.5 Å². The second-order valence-corrected chi connectivity index (χ2v) is 9.70. The van der Waals surface area contributed by atoms with Crippen LogP contribution in [0.1, 0.15) is 68.4 Å². The van der Waals surface area contributed by atoms with Gasteiger partial charge in [-0.05, 0) is 55.7 Å². The third-order valence-corrected chi connectivity index (χ3v) is 7.54. The summed E-state index contributed by atoms with van der Waals surface area (Å²) in [5, 5.41) is 2.92. The fourth-order valence-corrected chi connectivity index (χ4v) is 5.22. The summed E-state index contributed by atoms with van der Waals surface area (Å²) in [4.78, 5) is 26.5. The standard InChI is InChI=1S/C27H39N5O2/c1-20(26(33)28-16-19-34-3)21-8-10-22(11-9-21)23-13-17-32(18-14-23)25-12-15-29-27(30-25)31(2)24-6-4-5-7-24/h8-12,15,20,23-24H,4-7,13-14,16-19H2,1-3H3,(H,28,33). The summed E-state index contributed by atoms with van der Waals surface area (Å²) in [5.74, 6) is 2.31. The number of nitrogens with one attached hydrogen (secondary N) is 1. The number of anilines is 2. The van der Waals surface area contributed by atoms with E-state index in [9.17, 15) is 4.79 Å². The van der Waals surface area contributed by atoms with E-state index < -0.39 is 0 Å². The minimum atomic E-state index is -0.165. The van der Waals surface area contributed by atoms with Crippen molar-refractivity contribution < 1.29 is 9.53 Å². The molecule has 0 bridgehead atoms. The Morgan fingerprint density at radius 1 is 1.15 bits per heavy atom. The van der Waals surface area contributed by atoms with Gasteiger partial charge >= 0.3 is 0 Å². The SMILES string of the molecule is COCCNC(=O)C(C)c1ccc(C2CCN(c3ccnc(N(C)C4CCCC4)n3)CC2)cc1. The largest absolute Gasteiger partial charge is 0.383 e. The Hall–Kier alpha value is -2.67. The number of piperidine rings is 1. The molecule has 1 N–H and O–H groups in total. The van der Waals surface area contributed by atoms with Crippen LogP contribution in [0.4, 0.5) is 11.8 Å². The van der Waals surface area contributed by atoms with E-state index in [-0.39, 0.29) is 11.8 Å². The van der Waals surface area contributed by atoms with E-state index >= 15 is 0 Å². The smallest absolute Gasteiger partial charge is 0.227 e. The van der Waals surface area contributed by atoms with E-state index in [2.05, 4.69) is 51.4 Å². The fourth-order valence-electron chi connectivity index (χ4n) is 5.22. The summed E-state index contributed by atoms with van der Waals surface area (Å²) in [5.41, 5.74) is 2.41. The number of amides is 1. The first-order valence-corrected chi connectivity index (χ1v) is 12.7. The molecule has 2 aromatic rings. The number of aromatic nitrogens is 2. The molecule has 0 spiro atoms. The van der Waals surface area contributed by atoms with Crippen molar-refractivity contribution in [2.45, 2.75) is 63.3 Å². The summed E-state index contributed by atoms with van der Waals surface area (Å²) >= 11 is 0. The van der Waals surface area contributed by atoms with Gasteiger partial charge in [-0.25, -0.2) is 4.98 Å². The van der Waals surface area contributed by atoms with Crippen LogP contribution in [-0.2, 0) is 9.53 Å². The number of nitrogens with zero attached hydrogens (tertiary/aromatic N) is 4. The number of hydrogen-bond acceptors (Lipinski definition) is 6. The molecule has 2 fully saturated rings. The average Bonchev–Trinajstić information content (AvgIpc) is 3.43. The number of rotatable bonds is 9. The van der Waals surface area contributed by atoms with Crippen LogP contribution in [0.2, 0.25) is 0 Å². The molecule has 4 rings (SSSR count). The third kappa shape index (κ3) is 5.87. The molecule has 0 radical (unpaired) electrons. The zero-order valence-corrected chi connectivity index (χ0v) is 20.9. The molecule has 7 heteroatoms. The first-order chi connectivity index (χ1) is 16.6. The molecule has 1 amide bonds. The Balaban J connectivity index is 1.31. The predicted molar refractivity (Wildman–Crippen MR) is 137 cm³/mol. The van der Waals surface area contributed by atoms with Crippen molar-refractivity contribution in [2.75, 3.05) is 50.2 Å². The highest BCUT2D eigenvalue weighted by Gasteiger charge is 2.25. The lowest BCUT2D eigenvalue weighted by Gasteiger charge is -2.34. The maximum absolute atomic E-state index is 12.3. The van der Waals surface area contributed by atoms with Gasteiger partial charge in [-0.2, -0.15) is 4.98 Å². The van der Waals surface area contributed by atoms with Crippen LogP contribution in [0.5, 0.6) is 0 Å². The molecule has 1 saturated carbocycles. The van der Waals surface area contributed by atoms with Crippen molar-refractivity contribution in [1.82, 2.24) is 15.3 Å². The Morgan fingerprint density at radius 3 is 2.53 bits per heavy atom. The molecule has 1 aliphatic heterocycles. The molecule has 1 aromatic heterocycles. The summed E-state index contributed by atoms with van der Waals surface area (Å²) in [7, 11) is 3.77. The van der Waals surface area contributed by atoms with Crippen molar-refractivity contribution in [3.05, 3.63) is 47.7 Å². The van der Waals surface area contributed by atoms with E-state index in [4.69, 9.17) is 9.72 Å². The minimum absolute atomic E-state index is 0.0425. The Bertz CT molecular complexity index is 921. The number of carbonyl (C=O) groups is 1. The summed E-state index contributed by atoms with van der Waals surface area (Å²) in [6, 6.07) is 11.2. The molecule has 2 aliphatic rings. The summed E-state index contributed by atoms with van der Waals surface area (Å²) in [6.45, 7) is 5.02. The van der Waals surface area contributed by atoms with Gasteiger partial charge in [0.15, 0.2) is 0 Å². The number of ether oxygens (including phenoxy) is 1. The van der Waals surface area contributed by atoms with Gasteiger partial charge in [0.1, 0.15) is 5.82 Å². The van der Waals surface area contributed by atoms with E-state index in [1.165, 1.54) is 31.2 Å². The molecule has 34 heavy (non-hydrogen) atoms. The Labute approximate surface area is 203 Å². The van der Waals surface area contributed by atoms with Gasteiger partial charge in [-0.1, -0.05) is 37.1 Å². The maximum Gasteiger partial charge on any atom is 0.227 e. The predicted octanol–water partition coefficient (Wildman–Crippen LogP) is 4.11. The first kappa shape index (κ1) is 24.5. The second kappa shape index (κ2) is 11.6. The van der Waals surface area contributed by atoms with Crippen LogP contribution < -0.4 is 15.1 Å². The normalized spacial score (nSPS) is 18.1. The first-order valence-electron chi connectivity index (χ1n) is 12.7. The third-order valence-electron chi connectivity index (χ3n) is 7.54. The van der Waals surface area contributed by atoms with Gasteiger partial charge < -0.3 is 19.9 Å². The molecular weight excluding hydrogens is 426 g/mol. The molecule has 184 valence electrons. The van der Waals surface area contributed by atoms with Crippen LogP contribution in [0, 0.1) is 0 Å². The van der Waals surface area contributed by atoms with E-state index in [0.29, 0.717) is 25.1 Å². The number of carbonyl (C=O) groups excluding carboxylic acids is 1. The van der Waals surface area contributed by atoms with Crippen molar-refractivity contribution in [1.29, 1.82) is 0 Å². The van der Waals surface area contributed by atoms with Gasteiger partial charge in [0.25, 0.3) is 0 Å². The zero-order chi connectivity index (χ0) is 23.9. The van der Waals surface area contributed by atoms with Crippen LogP contribution in [0.3, 0.4) is 0 Å². The monoisotopic (exact) mass is 465 g/mol. The van der Waals surface area contributed by atoms with E-state index in [1.54, 1.807) is 7.11 Å². The van der Waals surface area contributed by atoms with Crippen LogP contribution in [0.25, 0.3) is 0 Å². The molecular formula is C27H39N5O2. The van der Waals surface area contributed by atoms with Crippen LogP contribution in [-0.4, -0.2) is 62.3 Å². The van der Waals surface area contributed by atoms with Gasteiger partial charge in [0, 0.05) is 46.0 Å². The van der Waals surface area contributed by atoms with Crippen LogP contribution in [0.15, 0.2) is 36.5 Å². The lowest BCUT2D eigenvalue weighted by atomic mass is 9.88. The van der Waals surface area contributed by atoms with E-state index in [1.807, 2.05) is 19.2 Å². The highest BCUT2D eigenvalue weighted by atomic mass is 16.5. The van der Waals surface area contributed by atoms with Crippen molar-refractivity contribution in [3.8, 4) is 0 Å². The maximum atomic E-state index is 12.3. The quantitative estimate of drug-likeness (QED) is 0.562. The molecule has 2 heterocycles. The van der Waals surface area contributed by atoms with Gasteiger partial charge in [-0.15, -0.1) is 0 Å². The number of methoxy groups -OCH3 is 1. The second-order valence-electron chi connectivity index (χ2n) is 9.70. The molecule has 1 aromatic carbocycles. The summed E-state index contributed by atoms with van der Waals surface area (Å²) < 4.78 is 5.01. The number of benzene rings is 1. The van der Waals surface area contributed by atoms with Crippen molar-refractivity contribution in [2.24, 2.45) is 0 Å². The highest BCUT2D eigenvalue weighted by Crippen LogP contribution is 2.32. The number of hydrogen-bond donors (Lipinski definition) is 1. The zero-order valence-electron chi connectivity index (χ0n) is 20.9. The van der Waals surface area contributed by atoms with Crippen LogP contribution >= 0.6 is 0 Å². The lowest BCUT2D eigenvalue weighted by Crippen LogP contribution is -2.35. The molecule has 7 nitrogen and oxygen atoms in total. The van der Waals surface area contributed by atoms with E-state index in [0.717, 1.165) is 43.3 Å². The Kier molecular flexibility index (Phi) is 8.38. The lowest BCUT2D eigenvalue weighted by molar-refractivity contribution is -0.122. The van der Waals surface area contributed by atoms with Crippen molar-refractivity contribution >= 4 is 17.7 Å². The topological polar surface area (TPSA) is 70.6 Å². The average molecular weight is 466 g/mol. The van der Waals surface area contributed by atoms with Gasteiger partial charge in [-0.3, -0.25) is 4.79 Å². The molecule has 1 aliphatic carbocycles. The highest BCUT2D eigenvalue weighted by molar-refractivity contribution is 5.83. The Morgan fingerprint density at radius 2 is 1.85 bits per heavy atom. The molecule has 1 unspecified atom stereocenters. The van der Waals surface area contributed by atoms with Crippen molar-refractivity contribution in [3.63, 3.8) is 0 Å². The van der Waals surface area contributed by atoms with Gasteiger partial charge in [0.2, 0.25) is 11.9 Å². The molecule has 1 saturated heterocycles. The molecule has 1 atom stereocenters. The minimum Gasteiger partial charge on any atom is -0.383 e.